The van der Waals surface area contributed by atoms with Crippen molar-refractivity contribution in [2.75, 3.05) is 13.2 Å². The molecule has 0 aromatic heterocycles. The maximum Gasteiger partial charge on any atom is 0.306 e. The summed E-state index contributed by atoms with van der Waals surface area (Å²) in [4.78, 5) is 26.3. The van der Waals surface area contributed by atoms with Gasteiger partial charge in [0.15, 0.2) is 12.4 Å². The van der Waals surface area contributed by atoms with Crippen LogP contribution in [-0.2, 0) is 23.8 Å². The first-order valence-corrected chi connectivity index (χ1v) is 26.5. The van der Waals surface area contributed by atoms with Crippen LogP contribution in [0.5, 0.6) is 0 Å². The van der Waals surface area contributed by atoms with Gasteiger partial charge in [0.1, 0.15) is 24.4 Å². The van der Waals surface area contributed by atoms with E-state index in [0.717, 1.165) is 57.8 Å². The Hall–Kier alpha value is -1.60. The predicted molar refractivity (Wildman–Crippen MR) is 255 cm³/mol. The van der Waals surface area contributed by atoms with Gasteiger partial charge in [-0.15, -0.1) is 0 Å². The average molecular weight is 898 g/mol. The third kappa shape index (κ3) is 31.1. The number of carbonyl (C=O) groups is 2. The van der Waals surface area contributed by atoms with E-state index in [4.69, 9.17) is 14.2 Å². The highest BCUT2D eigenvalue weighted by Crippen LogP contribution is 2.26. The van der Waals surface area contributed by atoms with Crippen molar-refractivity contribution in [1.29, 1.82) is 0 Å². The van der Waals surface area contributed by atoms with Crippen LogP contribution >= 0.6 is 0 Å². The fraction of sp³-hybridized carbons (Fsp3) is 0.923. The van der Waals surface area contributed by atoms with Crippen molar-refractivity contribution in [2.45, 2.75) is 294 Å². The maximum atomic E-state index is 13.3. The van der Waals surface area contributed by atoms with Crippen molar-refractivity contribution in [3.63, 3.8) is 0 Å². The third-order valence-corrected chi connectivity index (χ3v) is 12.7. The van der Waals surface area contributed by atoms with E-state index < -0.39 is 67.4 Å². The molecule has 1 heterocycles. The molecule has 1 rings (SSSR count). The number of esters is 1. The van der Waals surface area contributed by atoms with Crippen LogP contribution in [-0.4, -0.2) is 99.6 Å². The number of carbonyl (C=O) groups excluding carboxylic acids is 2. The summed E-state index contributed by atoms with van der Waals surface area (Å²) in [5.74, 6) is -1.19. The molecule has 8 atom stereocenters. The molecule has 1 aliphatic rings. The van der Waals surface area contributed by atoms with Crippen LogP contribution in [0.4, 0.5) is 0 Å². The number of amides is 1. The second kappa shape index (κ2) is 41.8. The third-order valence-electron chi connectivity index (χ3n) is 12.7. The topological polar surface area (TPSA) is 175 Å². The highest BCUT2D eigenvalue weighted by molar-refractivity contribution is 5.80. The molecule has 0 bridgehead atoms. The van der Waals surface area contributed by atoms with Gasteiger partial charge in [0, 0.05) is 6.42 Å². The SMILES string of the molecule is CCCCCCCCCCC/C=C/C(O)C(COC1OC(CO)C(O)C(O)C1OC(=O)CCCCCCCCCCCCC)NC(=O)C(O)CCCCCCCCCCCCCC. The molecule has 11 nitrogen and oxygen atoms in total. The summed E-state index contributed by atoms with van der Waals surface area (Å²) < 4.78 is 17.5. The first-order valence-electron chi connectivity index (χ1n) is 26.5. The van der Waals surface area contributed by atoms with E-state index in [1.54, 1.807) is 6.08 Å². The molecule has 0 spiro atoms. The largest absolute Gasteiger partial charge is 0.454 e. The van der Waals surface area contributed by atoms with Crippen LogP contribution in [0.2, 0.25) is 0 Å². The first kappa shape index (κ1) is 59.4. The minimum Gasteiger partial charge on any atom is -0.454 e. The van der Waals surface area contributed by atoms with E-state index in [9.17, 15) is 35.1 Å². The molecule has 0 radical (unpaired) electrons. The van der Waals surface area contributed by atoms with Gasteiger partial charge in [0.2, 0.25) is 5.91 Å². The van der Waals surface area contributed by atoms with Crippen molar-refractivity contribution in [3.8, 4) is 0 Å². The predicted octanol–water partition coefficient (Wildman–Crippen LogP) is 10.8. The number of aliphatic hydroxyl groups is 5. The number of hydrogen-bond donors (Lipinski definition) is 6. The molecule has 0 saturated carbocycles. The fourth-order valence-corrected chi connectivity index (χ4v) is 8.42. The Balaban J connectivity index is 2.77. The number of nitrogens with one attached hydrogen (secondary N) is 1. The molecule has 1 saturated heterocycles. The van der Waals surface area contributed by atoms with Gasteiger partial charge in [-0.1, -0.05) is 226 Å². The van der Waals surface area contributed by atoms with Gasteiger partial charge in [0.05, 0.1) is 25.4 Å². The van der Waals surface area contributed by atoms with Crippen LogP contribution in [0.25, 0.3) is 0 Å². The first-order chi connectivity index (χ1) is 30.7. The Morgan fingerprint density at radius 1 is 0.603 bits per heavy atom. The molecule has 1 amide bonds. The summed E-state index contributed by atoms with van der Waals surface area (Å²) >= 11 is 0. The highest BCUT2D eigenvalue weighted by atomic mass is 16.7. The molecule has 372 valence electrons. The summed E-state index contributed by atoms with van der Waals surface area (Å²) in [5.41, 5.74) is 0. The molecule has 0 aliphatic carbocycles. The highest BCUT2D eigenvalue weighted by Gasteiger charge is 2.47. The van der Waals surface area contributed by atoms with Crippen molar-refractivity contribution in [3.05, 3.63) is 12.2 Å². The average Bonchev–Trinajstić information content (AvgIpc) is 3.28. The summed E-state index contributed by atoms with van der Waals surface area (Å²) in [6.45, 7) is 5.75. The van der Waals surface area contributed by atoms with Crippen LogP contribution in [0.1, 0.15) is 245 Å². The molecule has 63 heavy (non-hydrogen) atoms. The second-order valence-electron chi connectivity index (χ2n) is 18.6. The lowest BCUT2D eigenvalue weighted by atomic mass is 9.99. The Bertz CT molecular complexity index is 1080. The van der Waals surface area contributed by atoms with E-state index in [1.807, 2.05) is 6.08 Å². The smallest absolute Gasteiger partial charge is 0.306 e. The van der Waals surface area contributed by atoms with Gasteiger partial charge in [-0.3, -0.25) is 9.59 Å². The minimum absolute atomic E-state index is 0.130. The number of hydrogen-bond acceptors (Lipinski definition) is 10. The molecule has 0 aromatic carbocycles. The quantitative estimate of drug-likeness (QED) is 0.0196. The van der Waals surface area contributed by atoms with E-state index >= 15 is 0 Å². The van der Waals surface area contributed by atoms with Gasteiger partial charge in [-0.05, 0) is 25.7 Å². The van der Waals surface area contributed by atoms with E-state index in [0.29, 0.717) is 19.3 Å². The lowest BCUT2D eigenvalue weighted by Crippen LogP contribution is -2.61. The van der Waals surface area contributed by atoms with Gasteiger partial charge >= 0.3 is 5.97 Å². The Labute approximate surface area is 385 Å². The summed E-state index contributed by atoms with van der Waals surface area (Å²) in [6.07, 6.45) is 32.7. The number of aliphatic hydroxyl groups excluding tert-OH is 5. The van der Waals surface area contributed by atoms with Crippen molar-refractivity contribution in [2.24, 2.45) is 0 Å². The maximum absolute atomic E-state index is 13.3. The number of ether oxygens (including phenoxy) is 3. The van der Waals surface area contributed by atoms with Crippen molar-refractivity contribution >= 4 is 11.9 Å². The van der Waals surface area contributed by atoms with Gasteiger partial charge < -0.3 is 45.1 Å². The summed E-state index contributed by atoms with van der Waals surface area (Å²) in [5, 5.41) is 56.5. The van der Waals surface area contributed by atoms with Crippen LogP contribution in [0.15, 0.2) is 12.2 Å². The zero-order valence-electron chi connectivity index (χ0n) is 40.7. The molecular weight excluding hydrogens is 799 g/mol. The van der Waals surface area contributed by atoms with Crippen LogP contribution in [0.3, 0.4) is 0 Å². The second-order valence-corrected chi connectivity index (χ2v) is 18.6. The number of allylic oxidation sites excluding steroid dienone is 1. The number of unbranched alkanes of at least 4 members (excludes halogenated alkanes) is 30. The van der Waals surface area contributed by atoms with Crippen molar-refractivity contribution < 1.29 is 49.3 Å². The van der Waals surface area contributed by atoms with Crippen molar-refractivity contribution in [1.82, 2.24) is 5.32 Å². The zero-order chi connectivity index (χ0) is 46.2. The molecule has 1 fully saturated rings. The summed E-state index contributed by atoms with van der Waals surface area (Å²) in [7, 11) is 0. The normalized spacial score (nSPS) is 20.5. The Morgan fingerprint density at radius 2 is 1.03 bits per heavy atom. The molecule has 1 aliphatic heterocycles. The molecule has 6 N–H and O–H groups in total. The lowest BCUT2D eigenvalue weighted by Gasteiger charge is -2.41. The molecule has 11 heteroatoms. The van der Waals surface area contributed by atoms with Gasteiger partial charge in [-0.2, -0.15) is 0 Å². The lowest BCUT2D eigenvalue weighted by molar-refractivity contribution is -0.305. The van der Waals surface area contributed by atoms with E-state index in [1.165, 1.54) is 141 Å². The molecule has 0 aromatic rings. The van der Waals surface area contributed by atoms with E-state index in [2.05, 4.69) is 26.1 Å². The molecule has 8 unspecified atom stereocenters. The van der Waals surface area contributed by atoms with E-state index in [-0.39, 0.29) is 13.0 Å². The van der Waals surface area contributed by atoms with Gasteiger partial charge in [-0.25, -0.2) is 0 Å². The number of rotatable bonds is 44. The van der Waals surface area contributed by atoms with Gasteiger partial charge in [0.25, 0.3) is 0 Å². The molecular formula is C52H99NO10. The standard InChI is InChI=1S/C52H99NO10/c1-4-7-10-13-16-19-22-25-27-30-33-36-39-45(56)51(60)53-43(44(55)38-35-32-29-26-23-20-17-14-11-8-5-2)42-61-52-50(49(59)48(58)46(41-54)62-52)63-47(57)40-37-34-31-28-24-21-18-15-12-9-6-3/h35,38,43-46,48-50,52,54-56,58-59H,4-34,36-37,39-42H2,1-3H3,(H,53,60)/b38-35+. The monoisotopic (exact) mass is 898 g/mol. The summed E-state index contributed by atoms with van der Waals surface area (Å²) in [6, 6.07) is -1.01. The zero-order valence-corrected chi connectivity index (χ0v) is 40.7. The minimum atomic E-state index is -1.60. The Morgan fingerprint density at radius 3 is 1.49 bits per heavy atom. The van der Waals surface area contributed by atoms with Crippen LogP contribution in [0, 0.1) is 0 Å². The van der Waals surface area contributed by atoms with Crippen LogP contribution < -0.4 is 5.32 Å². The fourth-order valence-electron chi connectivity index (χ4n) is 8.42. The Kier molecular flexibility index (Phi) is 39.4.